The number of carboxylic acids is 1. The maximum Gasteiger partial charge on any atom is 0.306 e. The first kappa shape index (κ1) is 13.5. The van der Waals surface area contributed by atoms with Crippen LogP contribution < -0.4 is 4.90 Å². The van der Waals surface area contributed by atoms with E-state index in [2.05, 4.69) is 0 Å². The number of anilines is 1. The number of aryl methyl sites for hydroxylation is 1. The van der Waals surface area contributed by atoms with Crippen LogP contribution >= 0.6 is 0 Å². The molecule has 5 heteroatoms. The highest BCUT2D eigenvalue weighted by molar-refractivity contribution is 5.95. The van der Waals surface area contributed by atoms with E-state index in [9.17, 15) is 14.7 Å². The third kappa shape index (κ3) is 3.32. The minimum Gasteiger partial charge on any atom is -0.481 e. The molecule has 1 unspecified atom stereocenters. The fourth-order valence-electron chi connectivity index (χ4n) is 2.36. The largest absolute Gasteiger partial charge is 0.481 e. The van der Waals surface area contributed by atoms with Crippen molar-refractivity contribution in [1.82, 2.24) is 0 Å². The molecule has 0 radical (unpaired) electrons. The van der Waals surface area contributed by atoms with Crippen LogP contribution in [0.5, 0.6) is 0 Å². The van der Waals surface area contributed by atoms with Crippen molar-refractivity contribution in [1.29, 1.82) is 0 Å². The predicted molar refractivity (Wildman–Crippen MR) is 70.0 cm³/mol. The van der Waals surface area contributed by atoms with Gasteiger partial charge < -0.3 is 15.1 Å². The number of carboxylic acid groups (broad SMARTS) is 1. The predicted octanol–water partition coefficient (Wildman–Crippen LogP) is 1.19. The zero-order valence-corrected chi connectivity index (χ0v) is 10.6. The van der Waals surface area contributed by atoms with Crippen LogP contribution in [0.1, 0.15) is 24.8 Å². The number of fused-ring (bicyclic) bond motifs is 1. The van der Waals surface area contributed by atoms with Gasteiger partial charge >= 0.3 is 5.97 Å². The van der Waals surface area contributed by atoms with E-state index in [1.165, 1.54) is 4.90 Å². The highest BCUT2D eigenvalue weighted by atomic mass is 16.4. The highest BCUT2D eigenvalue weighted by Gasteiger charge is 2.24. The monoisotopic (exact) mass is 263 g/mol. The topological polar surface area (TPSA) is 77.8 Å². The molecule has 1 aliphatic rings. The number of aliphatic carboxylic acids is 1. The van der Waals surface area contributed by atoms with Crippen LogP contribution in [0.25, 0.3) is 0 Å². The second kappa shape index (κ2) is 5.84. The van der Waals surface area contributed by atoms with Gasteiger partial charge in [-0.2, -0.15) is 0 Å². The van der Waals surface area contributed by atoms with E-state index in [-0.39, 0.29) is 18.9 Å². The molecule has 0 spiro atoms. The molecule has 0 aliphatic carbocycles. The molecule has 0 bridgehead atoms. The lowest BCUT2D eigenvalue weighted by Gasteiger charge is -2.25. The summed E-state index contributed by atoms with van der Waals surface area (Å²) in [4.78, 5) is 24.2. The quantitative estimate of drug-likeness (QED) is 0.855. The first-order chi connectivity index (χ1) is 9.08. The Morgan fingerprint density at radius 3 is 2.79 bits per heavy atom. The number of aliphatic hydroxyl groups excluding tert-OH is 1. The molecule has 1 atom stereocenters. The molecule has 0 aromatic heterocycles. The smallest absolute Gasteiger partial charge is 0.306 e. The highest BCUT2D eigenvalue weighted by Crippen LogP contribution is 2.27. The van der Waals surface area contributed by atoms with E-state index in [1.54, 1.807) is 0 Å². The van der Waals surface area contributed by atoms with Gasteiger partial charge in [0.25, 0.3) is 0 Å². The van der Waals surface area contributed by atoms with Gasteiger partial charge in [0, 0.05) is 12.1 Å². The van der Waals surface area contributed by atoms with Crippen molar-refractivity contribution < 1.29 is 19.8 Å². The van der Waals surface area contributed by atoms with Crippen LogP contribution in [0.3, 0.4) is 0 Å². The Bertz CT molecular complexity index is 486. The van der Waals surface area contributed by atoms with Crippen molar-refractivity contribution in [2.75, 3.05) is 11.4 Å². The van der Waals surface area contributed by atoms with Gasteiger partial charge in [-0.15, -0.1) is 0 Å². The number of rotatable bonds is 4. The molecule has 1 aliphatic heterocycles. The van der Waals surface area contributed by atoms with Crippen molar-refractivity contribution in [3.63, 3.8) is 0 Å². The first-order valence-corrected chi connectivity index (χ1v) is 6.36. The minimum atomic E-state index is -1.07. The lowest BCUT2D eigenvalue weighted by atomic mass is 10.1. The number of benzene rings is 1. The summed E-state index contributed by atoms with van der Waals surface area (Å²) in [6, 6.07) is 7.56. The molecule has 1 aromatic rings. The standard InChI is InChI=1S/C14H17NO4/c16-11(8-14(18)19)9-15-12-6-2-1-4-10(12)5-3-7-13(15)17/h1-2,4,6,11,16H,3,5,7-9H2,(H,18,19). The molecular formula is C14H17NO4. The lowest BCUT2D eigenvalue weighted by Crippen LogP contribution is -2.38. The minimum absolute atomic E-state index is 0.0299. The fraction of sp³-hybridized carbons (Fsp3) is 0.429. The van der Waals surface area contributed by atoms with Crippen LogP contribution in [-0.2, 0) is 16.0 Å². The fourth-order valence-corrected chi connectivity index (χ4v) is 2.36. The maximum absolute atomic E-state index is 12.1. The Balaban J connectivity index is 2.21. The van der Waals surface area contributed by atoms with E-state index in [0.29, 0.717) is 6.42 Å². The second-order valence-corrected chi connectivity index (χ2v) is 4.74. The molecule has 102 valence electrons. The maximum atomic E-state index is 12.1. The molecule has 2 N–H and O–H groups in total. The number of carbonyl (C=O) groups is 2. The lowest BCUT2D eigenvalue weighted by molar-refractivity contribution is -0.139. The number of nitrogens with zero attached hydrogens (tertiary/aromatic N) is 1. The molecule has 1 aromatic carbocycles. The first-order valence-electron chi connectivity index (χ1n) is 6.36. The molecule has 1 amide bonds. The number of β-amino-alcohol motifs (C(OH)–C–C–N with tert-alkyl or cyclic N) is 1. The molecule has 0 saturated heterocycles. The molecule has 0 saturated carbocycles. The number of hydrogen-bond donors (Lipinski definition) is 2. The van der Waals surface area contributed by atoms with Crippen molar-refractivity contribution in [2.45, 2.75) is 31.8 Å². The normalized spacial score (nSPS) is 16.7. The van der Waals surface area contributed by atoms with Gasteiger partial charge in [0.1, 0.15) is 0 Å². The summed E-state index contributed by atoms with van der Waals surface area (Å²) in [5, 5.41) is 18.4. The van der Waals surface area contributed by atoms with Gasteiger partial charge in [0.15, 0.2) is 0 Å². The van der Waals surface area contributed by atoms with E-state index in [4.69, 9.17) is 5.11 Å². The van der Waals surface area contributed by atoms with Crippen molar-refractivity contribution in [3.05, 3.63) is 29.8 Å². The van der Waals surface area contributed by atoms with Crippen LogP contribution in [0.4, 0.5) is 5.69 Å². The molecule has 0 fully saturated rings. The van der Waals surface area contributed by atoms with Crippen molar-refractivity contribution in [2.24, 2.45) is 0 Å². The molecule has 1 heterocycles. The Hall–Kier alpha value is -1.88. The van der Waals surface area contributed by atoms with Crippen molar-refractivity contribution >= 4 is 17.6 Å². The van der Waals surface area contributed by atoms with Gasteiger partial charge in [0.2, 0.25) is 5.91 Å². The number of para-hydroxylation sites is 1. The van der Waals surface area contributed by atoms with Gasteiger partial charge in [-0.1, -0.05) is 18.2 Å². The van der Waals surface area contributed by atoms with E-state index < -0.39 is 12.1 Å². The average Bonchev–Trinajstić information content (AvgIpc) is 2.49. The Morgan fingerprint density at radius 2 is 2.05 bits per heavy atom. The van der Waals surface area contributed by atoms with Crippen molar-refractivity contribution in [3.8, 4) is 0 Å². The number of hydrogen-bond acceptors (Lipinski definition) is 3. The zero-order chi connectivity index (χ0) is 13.8. The Morgan fingerprint density at radius 1 is 1.32 bits per heavy atom. The summed E-state index contributed by atoms with van der Waals surface area (Å²) in [7, 11) is 0. The van der Waals surface area contributed by atoms with E-state index in [1.807, 2.05) is 24.3 Å². The van der Waals surface area contributed by atoms with Gasteiger partial charge in [-0.3, -0.25) is 9.59 Å². The summed E-state index contributed by atoms with van der Waals surface area (Å²) in [6.07, 6.45) is 0.627. The molecular weight excluding hydrogens is 246 g/mol. The van der Waals surface area contributed by atoms with Crippen LogP contribution in [0, 0.1) is 0 Å². The third-order valence-corrected chi connectivity index (χ3v) is 3.22. The molecule has 19 heavy (non-hydrogen) atoms. The Kier molecular flexibility index (Phi) is 4.16. The molecule has 5 nitrogen and oxygen atoms in total. The SMILES string of the molecule is O=C(O)CC(O)CN1C(=O)CCCc2ccccc21. The summed E-state index contributed by atoms with van der Waals surface area (Å²) >= 11 is 0. The van der Waals surface area contributed by atoms with Gasteiger partial charge in [-0.25, -0.2) is 0 Å². The summed E-state index contributed by atoms with van der Waals surface area (Å²) in [6.45, 7) is 0.0299. The number of amides is 1. The van der Waals surface area contributed by atoms with Gasteiger partial charge in [0.05, 0.1) is 19.1 Å². The second-order valence-electron chi connectivity index (χ2n) is 4.74. The number of aliphatic hydroxyl groups is 1. The van der Waals surface area contributed by atoms with Gasteiger partial charge in [-0.05, 0) is 24.5 Å². The Labute approximate surface area is 111 Å². The average molecular weight is 263 g/mol. The van der Waals surface area contributed by atoms with E-state index in [0.717, 1.165) is 24.1 Å². The summed E-state index contributed by atoms with van der Waals surface area (Å²) in [5.74, 6) is -1.13. The van der Waals surface area contributed by atoms with Crippen LogP contribution in [0.2, 0.25) is 0 Å². The summed E-state index contributed by atoms with van der Waals surface area (Å²) < 4.78 is 0. The zero-order valence-electron chi connectivity index (χ0n) is 10.6. The van der Waals surface area contributed by atoms with E-state index >= 15 is 0 Å². The third-order valence-electron chi connectivity index (χ3n) is 3.22. The van der Waals surface area contributed by atoms with Crippen LogP contribution in [0.15, 0.2) is 24.3 Å². The molecule has 2 rings (SSSR count). The number of carbonyl (C=O) groups excluding carboxylic acids is 1. The summed E-state index contributed by atoms with van der Waals surface area (Å²) in [5.41, 5.74) is 1.85. The van der Waals surface area contributed by atoms with Crippen LogP contribution in [-0.4, -0.2) is 34.7 Å².